The summed E-state index contributed by atoms with van der Waals surface area (Å²) < 4.78 is 51.5. The second kappa shape index (κ2) is 6.14. The molecule has 122 valence electrons. The van der Waals surface area contributed by atoms with Crippen molar-refractivity contribution < 1.29 is 17.6 Å². The average Bonchev–Trinajstić information content (AvgIpc) is 3.03. The maximum atomic E-state index is 13.3. The number of rotatable bonds is 3. The molecule has 23 heavy (non-hydrogen) atoms. The molecule has 2 aromatic rings. The minimum Gasteiger partial charge on any atom is -0.324 e. The van der Waals surface area contributed by atoms with E-state index in [1.165, 1.54) is 6.07 Å². The Morgan fingerprint density at radius 3 is 2.52 bits per heavy atom. The van der Waals surface area contributed by atoms with Crippen LogP contribution < -0.4 is 5.32 Å². The van der Waals surface area contributed by atoms with Crippen LogP contribution in [-0.4, -0.2) is 9.97 Å². The van der Waals surface area contributed by atoms with E-state index in [4.69, 9.17) is 0 Å². The van der Waals surface area contributed by atoms with Crippen LogP contribution in [0, 0.1) is 5.82 Å². The summed E-state index contributed by atoms with van der Waals surface area (Å²) in [4.78, 5) is 8.39. The highest BCUT2D eigenvalue weighted by atomic mass is 19.4. The van der Waals surface area contributed by atoms with E-state index < -0.39 is 17.6 Å². The van der Waals surface area contributed by atoms with Crippen molar-refractivity contribution >= 4 is 11.6 Å². The molecule has 1 N–H and O–H groups in total. The predicted octanol–water partition coefficient (Wildman–Crippen LogP) is 5.04. The fraction of sp³-hybridized carbons (Fsp3) is 0.375. The lowest BCUT2D eigenvalue weighted by Gasteiger charge is -2.12. The van der Waals surface area contributed by atoms with E-state index in [0.717, 1.165) is 43.5 Å². The average molecular weight is 325 g/mol. The SMILES string of the molecule is Fc1ccc(Nc2nccc(C3CCCC3)n2)cc1C(F)(F)F. The highest BCUT2D eigenvalue weighted by molar-refractivity contribution is 5.55. The van der Waals surface area contributed by atoms with Gasteiger partial charge in [-0.15, -0.1) is 0 Å². The summed E-state index contributed by atoms with van der Waals surface area (Å²) >= 11 is 0. The number of anilines is 2. The van der Waals surface area contributed by atoms with Gasteiger partial charge in [0.2, 0.25) is 5.95 Å². The Kier molecular flexibility index (Phi) is 4.19. The third kappa shape index (κ3) is 3.60. The summed E-state index contributed by atoms with van der Waals surface area (Å²) in [6.07, 6.45) is 1.27. The first-order valence-corrected chi connectivity index (χ1v) is 7.40. The normalized spacial score (nSPS) is 15.8. The summed E-state index contributed by atoms with van der Waals surface area (Å²) in [5.41, 5.74) is -0.324. The molecule has 1 aromatic carbocycles. The Hall–Kier alpha value is -2.18. The molecule has 1 aliphatic rings. The lowest BCUT2D eigenvalue weighted by Crippen LogP contribution is -2.09. The fourth-order valence-corrected chi connectivity index (χ4v) is 2.83. The molecule has 0 unspecified atom stereocenters. The number of hydrogen-bond donors (Lipinski definition) is 1. The Morgan fingerprint density at radius 1 is 1.09 bits per heavy atom. The number of benzene rings is 1. The van der Waals surface area contributed by atoms with E-state index in [1.54, 1.807) is 6.20 Å². The van der Waals surface area contributed by atoms with Crippen LogP contribution in [0.5, 0.6) is 0 Å². The number of hydrogen-bond acceptors (Lipinski definition) is 3. The first kappa shape index (κ1) is 15.7. The molecule has 0 aliphatic heterocycles. The van der Waals surface area contributed by atoms with E-state index >= 15 is 0 Å². The molecule has 1 aliphatic carbocycles. The van der Waals surface area contributed by atoms with E-state index in [1.807, 2.05) is 6.07 Å². The molecule has 0 atom stereocenters. The largest absolute Gasteiger partial charge is 0.419 e. The van der Waals surface area contributed by atoms with Crippen LogP contribution in [0.25, 0.3) is 0 Å². The van der Waals surface area contributed by atoms with Crippen LogP contribution in [0.3, 0.4) is 0 Å². The zero-order valence-electron chi connectivity index (χ0n) is 12.2. The van der Waals surface area contributed by atoms with Crippen molar-refractivity contribution in [1.29, 1.82) is 0 Å². The van der Waals surface area contributed by atoms with Crippen molar-refractivity contribution in [3.8, 4) is 0 Å². The van der Waals surface area contributed by atoms with Gasteiger partial charge < -0.3 is 5.32 Å². The van der Waals surface area contributed by atoms with Gasteiger partial charge in [-0.1, -0.05) is 12.8 Å². The smallest absolute Gasteiger partial charge is 0.324 e. The second-order valence-electron chi connectivity index (χ2n) is 5.60. The van der Waals surface area contributed by atoms with Crippen LogP contribution >= 0.6 is 0 Å². The van der Waals surface area contributed by atoms with Crippen LogP contribution in [-0.2, 0) is 6.18 Å². The standard InChI is InChI=1S/C16H15F4N3/c17-13-6-5-11(9-12(13)16(18,19)20)22-15-21-8-7-14(23-15)10-3-1-2-4-10/h5-10H,1-4H2,(H,21,22,23). The molecule has 3 rings (SSSR count). The van der Waals surface area contributed by atoms with E-state index in [2.05, 4.69) is 15.3 Å². The molecule has 0 radical (unpaired) electrons. The second-order valence-corrected chi connectivity index (χ2v) is 5.60. The highest BCUT2D eigenvalue weighted by Gasteiger charge is 2.34. The van der Waals surface area contributed by atoms with Gasteiger partial charge in [0.05, 0.1) is 5.56 Å². The fourth-order valence-electron chi connectivity index (χ4n) is 2.83. The van der Waals surface area contributed by atoms with Gasteiger partial charge in [-0.2, -0.15) is 13.2 Å². The predicted molar refractivity (Wildman–Crippen MR) is 77.9 cm³/mol. The van der Waals surface area contributed by atoms with Crippen molar-refractivity contribution in [2.75, 3.05) is 5.32 Å². The monoisotopic (exact) mass is 325 g/mol. The van der Waals surface area contributed by atoms with Gasteiger partial charge >= 0.3 is 6.18 Å². The summed E-state index contributed by atoms with van der Waals surface area (Å²) in [6.45, 7) is 0. The van der Waals surface area contributed by atoms with E-state index in [9.17, 15) is 17.6 Å². The van der Waals surface area contributed by atoms with Gasteiger partial charge in [-0.25, -0.2) is 14.4 Å². The number of nitrogens with zero attached hydrogens (tertiary/aromatic N) is 2. The summed E-state index contributed by atoms with van der Waals surface area (Å²) in [5, 5.41) is 2.72. The third-order valence-electron chi connectivity index (χ3n) is 3.98. The van der Waals surface area contributed by atoms with Crippen molar-refractivity contribution in [2.24, 2.45) is 0 Å². The zero-order valence-corrected chi connectivity index (χ0v) is 12.2. The Balaban J connectivity index is 1.83. The topological polar surface area (TPSA) is 37.8 Å². The minimum atomic E-state index is -4.74. The van der Waals surface area contributed by atoms with E-state index in [-0.39, 0.29) is 11.6 Å². The molecular weight excluding hydrogens is 310 g/mol. The van der Waals surface area contributed by atoms with Gasteiger partial charge in [-0.3, -0.25) is 0 Å². The Labute approximate surface area is 130 Å². The number of aromatic nitrogens is 2. The number of alkyl halides is 3. The molecule has 1 heterocycles. The summed E-state index contributed by atoms with van der Waals surface area (Å²) in [6, 6.07) is 4.57. The van der Waals surface area contributed by atoms with Gasteiger partial charge in [-0.05, 0) is 37.1 Å². The van der Waals surface area contributed by atoms with Crippen molar-refractivity contribution in [3.63, 3.8) is 0 Å². The maximum absolute atomic E-state index is 13.3. The van der Waals surface area contributed by atoms with Crippen LogP contribution in [0.2, 0.25) is 0 Å². The van der Waals surface area contributed by atoms with Gasteiger partial charge in [0.25, 0.3) is 0 Å². The molecule has 1 aromatic heterocycles. The van der Waals surface area contributed by atoms with Crippen molar-refractivity contribution in [3.05, 3.63) is 47.5 Å². The van der Waals surface area contributed by atoms with Gasteiger partial charge in [0, 0.05) is 23.5 Å². The molecule has 0 amide bonds. The van der Waals surface area contributed by atoms with Gasteiger partial charge in [0.1, 0.15) is 5.82 Å². The molecule has 1 fully saturated rings. The molecule has 3 nitrogen and oxygen atoms in total. The maximum Gasteiger partial charge on any atom is 0.419 e. The first-order valence-electron chi connectivity index (χ1n) is 7.40. The van der Waals surface area contributed by atoms with E-state index in [0.29, 0.717) is 5.92 Å². The molecule has 0 saturated heterocycles. The Morgan fingerprint density at radius 2 is 1.83 bits per heavy atom. The lowest BCUT2D eigenvalue weighted by atomic mass is 10.0. The molecule has 7 heteroatoms. The molecule has 1 saturated carbocycles. The van der Waals surface area contributed by atoms with Crippen LogP contribution in [0.15, 0.2) is 30.5 Å². The first-order chi connectivity index (χ1) is 10.9. The lowest BCUT2D eigenvalue weighted by molar-refractivity contribution is -0.139. The third-order valence-corrected chi connectivity index (χ3v) is 3.98. The van der Waals surface area contributed by atoms with Crippen molar-refractivity contribution in [1.82, 2.24) is 9.97 Å². The molecule has 0 bridgehead atoms. The molecular formula is C16H15F4N3. The van der Waals surface area contributed by atoms with Crippen LogP contribution in [0.4, 0.5) is 29.2 Å². The van der Waals surface area contributed by atoms with Crippen molar-refractivity contribution in [2.45, 2.75) is 37.8 Å². The Bertz CT molecular complexity index is 694. The molecule has 0 spiro atoms. The summed E-state index contributed by atoms with van der Waals surface area (Å²) in [5.74, 6) is -0.713. The van der Waals surface area contributed by atoms with Crippen LogP contribution in [0.1, 0.15) is 42.9 Å². The minimum absolute atomic E-state index is 0.0993. The van der Waals surface area contributed by atoms with Gasteiger partial charge in [0.15, 0.2) is 0 Å². The number of nitrogens with one attached hydrogen (secondary N) is 1. The summed E-state index contributed by atoms with van der Waals surface area (Å²) in [7, 11) is 0. The highest BCUT2D eigenvalue weighted by Crippen LogP contribution is 2.34. The number of halogens is 4. The zero-order chi connectivity index (χ0) is 16.4. The quantitative estimate of drug-likeness (QED) is 0.804.